The lowest BCUT2D eigenvalue weighted by atomic mass is 10.1. The molecule has 0 saturated heterocycles. The van der Waals surface area contributed by atoms with Crippen LogP contribution in [0.4, 0.5) is 11.5 Å². The van der Waals surface area contributed by atoms with Crippen LogP contribution in [0.2, 0.25) is 0 Å². The van der Waals surface area contributed by atoms with Gasteiger partial charge in [-0.2, -0.15) is 5.10 Å². The summed E-state index contributed by atoms with van der Waals surface area (Å²) in [5, 5.41) is 9.58. The number of hydrogen-bond acceptors (Lipinski definition) is 3. The molecule has 0 atom stereocenters. The van der Waals surface area contributed by atoms with Gasteiger partial charge in [0, 0.05) is 17.4 Å². The second-order valence-electron chi connectivity index (χ2n) is 4.06. The number of carbonyl (C=O) groups is 1. The molecule has 0 unspecified atom stereocenters. The molecule has 0 saturated carbocycles. The Hall–Kier alpha value is -2.30. The van der Waals surface area contributed by atoms with Gasteiger partial charge in [-0.3, -0.25) is 9.89 Å². The molecular weight excluding hydrogens is 228 g/mol. The van der Waals surface area contributed by atoms with Gasteiger partial charge in [-0.15, -0.1) is 0 Å². The van der Waals surface area contributed by atoms with Crippen molar-refractivity contribution in [2.24, 2.45) is 0 Å². The number of aromatic amines is 1. The summed E-state index contributed by atoms with van der Waals surface area (Å²) in [7, 11) is 0. The summed E-state index contributed by atoms with van der Waals surface area (Å²) in [6, 6.07) is 9.16. The minimum atomic E-state index is -0.123. The van der Waals surface area contributed by atoms with Crippen LogP contribution in [-0.2, 0) is 17.6 Å². The second kappa shape index (κ2) is 5.35. The summed E-state index contributed by atoms with van der Waals surface area (Å²) in [4.78, 5) is 11.8. The first-order chi connectivity index (χ1) is 8.69. The zero-order chi connectivity index (χ0) is 13.0. The topological polar surface area (TPSA) is 83.8 Å². The largest absolute Gasteiger partial charge is 0.398 e. The van der Waals surface area contributed by atoms with Crippen LogP contribution in [0.15, 0.2) is 30.3 Å². The molecule has 4 N–H and O–H groups in total. The number of hydrogen-bond donors (Lipinski definition) is 3. The van der Waals surface area contributed by atoms with E-state index in [4.69, 9.17) is 5.73 Å². The van der Waals surface area contributed by atoms with Gasteiger partial charge >= 0.3 is 0 Å². The van der Waals surface area contributed by atoms with Crippen molar-refractivity contribution in [2.75, 3.05) is 11.1 Å². The Morgan fingerprint density at radius 1 is 1.44 bits per heavy atom. The third kappa shape index (κ3) is 2.88. The van der Waals surface area contributed by atoms with Crippen LogP contribution in [0.5, 0.6) is 0 Å². The second-order valence-corrected chi connectivity index (χ2v) is 4.06. The van der Waals surface area contributed by atoms with E-state index in [2.05, 4.69) is 15.5 Å². The number of aryl methyl sites for hydroxylation is 1. The zero-order valence-corrected chi connectivity index (χ0v) is 10.2. The summed E-state index contributed by atoms with van der Waals surface area (Å²) in [5.74, 6) is 0.424. The molecule has 18 heavy (non-hydrogen) atoms. The van der Waals surface area contributed by atoms with Crippen LogP contribution in [0.3, 0.4) is 0 Å². The predicted molar refractivity (Wildman–Crippen MR) is 71.2 cm³/mol. The number of amides is 1. The van der Waals surface area contributed by atoms with Gasteiger partial charge in [-0.05, 0) is 18.1 Å². The van der Waals surface area contributed by atoms with Crippen molar-refractivity contribution >= 4 is 17.4 Å². The Balaban J connectivity index is 1.99. The predicted octanol–water partition coefficient (Wildman–Crippen LogP) is 1.74. The summed E-state index contributed by atoms with van der Waals surface area (Å²) < 4.78 is 0. The minimum absolute atomic E-state index is 0.123. The van der Waals surface area contributed by atoms with Crippen molar-refractivity contribution in [2.45, 2.75) is 19.8 Å². The van der Waals surface area contributed by atoms with Gasteiger partial charge < -0.3 is 11.1 Å². The lowest BCUT2D eigenvalue weighted by molar-refractivity contribution is -0.115. The van der Waals surface area contributed by atoms with E-state index in [9.17, 15) is 4.79 Å². The molecule has 5 heteroatoms. The molecule has 94 valence electrons. The first-order valence-corrected chi connectivity index (χ1v) is 5.86. The number of carbonyl (C=O) groups excluding carboxylic acids is 1. The fourth-order valence-electron chi connectivity index (χ4n) is 1.66. The average Bonchev–Trinajstić information content (AvgIpc) is 2.80. The third-order valence-corrected chi connectivity index (χ3v) is 2.69. The maximum Gasteiger partial charge on any atom is 0.230 e. The average molecular weight is 244 g/mol. The SMILES string of the molecule is CCc1cc(NC(=O)Cc2ccccc2N)n[nH]1. The zero-order valence-electron chi connectivity index (χ0n) is 10.2. The highest BCUT2D eigenvalue weighted by Gasteiger charge is 2.08. The molecule has 1 aromatic heterocycles. The first kappa shape index (κ1) is 12.2. The number of nitrogens with zero attached hydrogens (tertiary/aromatic N) is 1. The Bertz CT molecular complexity index is 547. The van der Waals surface area contributed by atoms with Crippen molar-refractivity contribution in [3.05, 3.63) is 41.6 Å². The highest BCUT2D eigenvalue weighted by molar-refractivity contribution is 5.92. The van der Waals surface area contributed by atoms with Crippen LogP contribution in [0.25, 0.3) is 0 Å². The van der Waals surface area contributed by atoms with Gasteiger partial charge in [0.25, 0.3) is 0 Å². The molecule has 1 heterocycles. The highest BCUT2D eigenvalue weighted by Crippen LogP contribution is 2.12. The van der Waals surface area contributed by atoms with Crippen LogP contribution in [0.1, 0.15) is 18.2 Å². The van der Waals surface area contributed by atoms with Crippen molar-refractivity contribution in [1.82, 2.24) is 10.2 Å². The van der Waals surface area contributed by atoms with Crippen molar-refractivity contribution < 1.29 is 4.79 Å². The first-order valence-electron chi connectivity index (χ1n) is 5.86. The Kier molecular flexibility index (Phi) is 3.62. The Morgan fingerprint density at radius 3 is 2.89 bits per heavy atom. The number of para-hydroxylation sites is 1. The van der Waals surface area contributed by atoms with E-state index in [0.717, 1.165) is 17.7 Å². The van der Waals surface area contributed by atoms with E-state index in [1.54, 1.807) is 6.07 Å². The van der Waals surface area contributed by atoms with E-state index >= 15 is 0 Å². The van der Waals surface area contributed by atoms with E-state index < -0.39 is 0 Å². The van der Waals surface area contributed by atoms with E-state index in [1.807, 2.05) is 31.2 Å². The van der Waals surface area contributed by atoms with Crippen LogP contribution in [0, 0.1) is 0 Å². The van der Waals surface area contributed by atoms with E-state index in [1.165, 1.54) is 0 Å². The molecule has 1 amide bonds. The summed E-state index contributed by atoms with van der Waals surface area (Å²) in [6.07, 6.45) is 1.11. The van der Waals surface area contributed by atoms with Gasteiger partial charge in [0.05, 0.1) is 6.42 Å². The molecule has 0 aliphatic carbocycles. The molecule has 0 radical (unpaired) electrons. The molecule has 0 aliphatic rings. The third-order valence-electron chi connectivity index (χ3n) is 2.69. The number of nitrogen functional groups attached to an aromatic ring is 1. The Morgan fingerprint density at radius 2 is 2.22 bits per heavy atom. The Labute approximate surface area is 105 Å². The molecule has 0 spiro atoms. The fraction of sp³-hybridized carbons (Fsp3) is 0.231. The van der Waals surface area contributed by atoms with Crippen LogP contribution in [-0.4, -0.2) is 16.1 Å². The standard InChI is InChI=1S/C13H16N4O/c1-2-10-8-12(17-16-10)15-13(18)7-9-5-3-4-6-11(9)14/h3-6,8H,2,7,14H2,1H3,(H2,15,16,17,18). The molecule has 0 aliphatic heterocycles. The number of rotatable bonds is 4. The highest BCUT2D eigenvalue weighted by atomic mass is 16.1. The van der Waals surface area contributed by atoms with Crippen LogP contribution >= 0.6 is 0 Å². The molecule has 1 aromatic carbocycles. The fourth-order valence-corrected chi connectivity index (χ4v) is 1.66. The molecular formula is C13H16N4O. The number of benzene rings is 1. The molecule has 2 rings (SSSR count). The molecule has 2 aromatic rings. The molecule has 0 fully saturated rings. The van der Waals surface area contributed by atoms with Crippen molar-refractivity contribution in [3.8, 4) is 0 Å². The minimum Gasteiger partial charge on any atom is -0.398 e. The maximum atomic E-state index is 11.8. The van der Waals surface area contributed by atoms with Crippen molar-refractivity contribution in [3.63, 3.8) is 0 Å². The van der Waals surface area contributed by atoms with Gasteiger partial charge in [0.1, 0.15) is 0 Å². The number of anilines is 2. The lowest BCUT2D eigenvalue weighted by Crippen LogP contribution is -2.15. The van der Waals surface area contributed by atoms with Gasteiger partial charge in [0.15, 0.2) is 5.82 Å². The maximum absolute atomic E-state index is 11.8. The lowest BCUT2D eigenvalue weighted by Gasteiger charge is -2.04. The van der Waals surface area contributed by atoms with Gasteiger partial charge in [0.2, 0.25) is 5.91 Å². The number of aromatic nitrogens is 2. The monoisotopic (exact) mass is 244 g/mol. The van der Waals surface area contributed by atoms with Crippen LogP contribution < -0.4 is 11.1 Å². The van der Waals surface area contributed by atoms with E-state index in [-0.39, 0.29) is 12.3 Å². The van der Waals surface area contributed by atoms with Gasteiger partial charge in [-0.1, -0.05) is 25.1 Å². The van der Waals surface area contributed by atoms with Gasteiger partial charge in [-0.25, -0.2) is 0 Å². The number of nitrogens with two attached hydrogens (primary N) is 1. The van der Waals surface area contributed by atoms with Crippen molar-refractivity contribution in [1.29, 1.82) is 0 Å². The number of H-pyrrole nitrogens is 1. The number of nitrogens with one attached hydrogen (secondary N) is 2. The smallest absolute Gasteiger partial charge is 0.230 e. The summed E-state index contributed by atoms with van der Waals surface area (Å²) in [5.41, 5.74) is 8.23. The summed E-state index contributed by atoms with van der Waals surface area (Å²) >= 11 is 0. The molecule has 5 nitrogen and oxygen atoms in total. The summed E-state index contributed by atoms with van der Waals surface area (Å²) in [6.45, 7) is 2.02. The normalized spacial score (nSPS) is 10.3. The molecule has 0 bridgehead atoms. The van der Waals surface area contributed by atoms with E-state index in [0.29, 0.717) is 11.5 Å². The quantitative estimate of drug-likeness (QED) is 0.716.